The van der Waals surface area contributed by atoms with Gasteiger partial charge in [-0.05, 0) is 26.3 Å². The highest BCUT2D eigenvalue weighted by atomic mass is 16.2. The molecule has 5 N–H and O–H groups in total. The van der Waals surface area contributed by atoms with Crippen LogP contribution in [0, 0.1) is 0 Å². The summed E-state index contributed by atoms with van der Waals surface area (Å²) in [6, 6.07) is 0.596. The Hall–Kier alpha value is -1.14. The molecular weight excluding hydrogens is 208 g/mol. The lowest BCUT2D eigenvalue weighted by molar-refractivity contribution is -0.123. The first kappa shape index (κ1) is 12.9. The molecule has 2 atom stereocenters. The van der Waals surface area contributed by atoms with Gasteiger partial charge in [0.1, 0.15) is 0 Å². The molecule has 0 bridgehead atoms. The molecule has 0 aromatic carbocycles. The van der Waals surface area contributed by atoms with Gasteiger partial charge in [0.05, 0.1) is 13.1 Å². The van der Waals surface area contributed by atoms with Crippen LogP contribution in [0.4, 0.5) is 0 Å². The van der Waals surface area contributed by atoms with Crippen LogP contribution in [-0.2, 0) is 9.59 Å². The quantitative estimate of drug-likeness (QED) is 0.527. The average molecular weight is 228 g/mol. The number of hydrogen-bond donors (Lipinski definition) is 3. The van der Waals surface area contributed by atoms with Crippen LogP contribution in [0.15, 0.2) is 0 Å². The van der Waals surface area contributed by atoms with Crippen LogP contribution in [0.3, 0.4) is 0 Å². The second kappa shape index (κ2) is 5.81. The van der Waals surface area contributed by atoms with E-state index in [4.69, 9.17) is 11.5 Å². The number of piperidine rings is 1. The monoisotopic (exact) mass is 228 g/mol. The summed E-state index contributed by atoms with van der Waals surface area (Å²) in [5.74, 6) is -0.847. The van der Waals surface area contributed by atoms with E-state index >= 15 is 0 Å². The summed E-state index contributed by atoms with van der Waals surface area (Å²) in [4.78, 5) is 23.6. The van der Waals surface area contributed by atoms with Crippen LogP contribution in [0.25, 0.3) is 0 Å². The van der Waals surface area contributed by atoms with Crippen molar-refractivity contribution in [3.05, 3.63) is 0 Å². The van der Waals surface area contributed by atoms with Gasteiger partial charge in [-0.3, -0.25) is 14.5 Å². The summed E-state index contributed by atoms with van der Waals surface area (Å²) in [5.41, 5.74) is 10.3. The van der Waals surface area contributed by atoms with Crippen LogP contribution in [0.5, 0.6) is 0 Å². The van der Waals surface area contributed by atoms with Crippen molar-refractivity contribution in [2.75, 3.05) is 19.6 Å². The van der Waals surface area contributed by atoms with E-state index < -0.39 is 11.8 Å². The fourth-order valence-electron chi connectivity index (χ4n) is 2.15. The van der Waals surface area contributed by atoms with Gasteiger partial charge in [0, 0.05) is 12.1 Å². The van der Waals surface area contributed by atoms with Crippen molar-refractivity contribution >= 4 is 11.8 Å². The minimum atomic E-state index is -0.424. The maximum Gasteiger partial charge on any atom is 0.231 e. The van der Waals surface area contributed by atoms with E-state index in [1.807, 2.05) is 0 Å². The molecule has 16 heavy (non-hydrogen) atoms. The van der Waals surface area contributed by atoms with Crippen molar-refractivity contribution < 1.29 is 9.59 Å². The second-order valence-electron chi connectivity index (χ2n) is 4.37. The lowest BCUT2D eigenvalue weighted by Crippen LogP contribution is -2.51. The van der Waals surface area contributed by atoms with Gasteiger partial charge < -0.3 is 16.8 Å². The summed E-state index contributed by atoms with van der Waals surface area (Å²) in [6.07, 6.45) is 1.81. The summed E-state index contributed by atoms with van der Waals surface area (Å²) >= 11 is 0. The summed E-state index contributed by atoms with van der Waals surface area (Å²) in [6.45, 7) is 3.17. The van der Waals surface area contributed by atoms with E-state index in [-0.39, 0.29) is 19.1 Å². The van der Waals surface area contributed by atoms with Crippen LogP contribution in [0.2, 0.25) is 0 Å². The summed E-state index contributed by atoms with van der Waals surface area (Å²) in [5, 5.41) is 3.31. The van der Waals surface area contributed by atoms with Crippen molar-refractivity contribution in [1.29, 1.82) is 0 Å². The molecule has 0 aliphatic carbocycles. The molecule has 1 rings (SSSR count). The normalized spacial score (nSPS) is 25.6. The number of nitrogens with two attached hydrogens (primary N) is 2. The maximum atomic E-state index is 10.9. The Morgan fingerprint density at radius 3 is 2.31 bits per heavy atom. The van der Waals surface area contributed by atoms with Crippen molar-refractivity contribution in [2.24, 2.45) is 11.5 Å². The number of nitrogens with one attached hydrogen (secondary N) is 1. The Bertz CT molecular complexity index is 254. The number of primary amides is 2. The van der Waals surface area contributed by atoms with E-state index in [9.17, 15) is 9.59 Å². The van der Waals surface area contributed by atoms with Crippen LogP contribution < -0.4 is 16.8 Å². The van der Waals surface area contributed by atoms with Gasteiger partial charge in [-0.2, -0.15) is 0 Å². The second-order valence-corrected chi connectivity index (χ2v) is 4.37. The van der Waals surface area contributed by atoms with Gasteiger partial charge in [0.25, 0.3) is 0 Å². The highest BCUT2D eigenvalue weighted by Crippen LogP contribution is 2.14. The van der Waals surface area contributed by atoms with Gasteiger partial charge >= 0.3 is 0 Å². The Balaban J connectivity index is 2.58. The predicted molar refractivity (Wildman–Crippen MR) is 60.4 cm³/mol. The molecule has 92 valence electrons. The van der Waals surface area contributed by atoms with Crippen molar-refractivity contribution in [2.45, 2.75) is 31.8 Å². The molecule has 1 heterocycles. The van der Waals surface area contributed by atoms with Crippen LogP contribution >= 0.6 is 0 Å². The SMILES string of the molecule is CC1CC(N(CC(N)=O)CC(N)=O)CCN1. The van der Waals surface area contributed by atoms with Crippen molar-refractivity contribution in [3.8, 4) is 0 Å². The van der Waals surface area contributed by atoms with E-state index in [1.165, 1.54) is 0 Å². The largest absolute Gasteiger partial charge is 0.369 e. The van der Waals surface area contributed by atoms with E-state index in [0.717, 1.165) is 19.4 Å². The Morgan fingerprint density at radius 1 is 1.31 bits per heavy atom. The molecule has 6 heteroatoms. The smallest absolute Gasteiger partial charge is 0.231 e. The van der Waals surface area contributed by atoms with Crippen LogP contribution in [-0.4, -0.2) is 48.4 Å². The zero-order valence-electron chi connectivity index (χ0n) is 9.61. The number of carbonyl (C=O) groups is 2. The third kappa shape index (κ3) is 4.16. The standard InChI is InChI=1S/C10H20N4O2/c1-7-4-8(2-3-13-7)14(5-9(11)15)6-10(12)16/h7-8,13H,2-6H2,1H3,(H2,11,15)(H2,12,16). The number of nitrogens with zero attached hydrogens (tertiary/aromatic N) is 1. The minimum absolute atomic E-state index is 0.0975. The topological polar surface area (TPSA) is 101 Å². The number of amides is 2. The summed E-state index contributed by atoms with van der Waals surface area (Å²) < 4.78 is 0. The number of hydrogen-bond acceptors (Lipinski definition) is 4. The van der Waals surface area contributed by atoms with Crippen molar-refractivity contribution in [1.82, 2.24) is 10.2 Å². The Morgan fingerprint density at radius 2 is 1.88 bits per heavy atom. The fraction of sp³-hybridized carbons (Fsp3) is 0.800. The molecule has 1 fully saturated rings. The molecule has 1 aliphatic heterocycles. The predicted octanol–water partition coefficient (Wildman–Crippen LogP) is -1.60. The molecular formula is C10H20N4O2. The molecule has 0 aromatic rings. The molecule has 0 saturated carbocycles. The van der Waals surface area contributed by atoms with E-state index in [1.54, 1.807) is 4.90 Å². The molecule has 1 saturated heterocycles. The Labute approximate surface area is 95.3 Å². The molecule has 0 radical (unpaired) electrons. The Kier molecular flexibility index (Phi) is 4.70. The first-order valence-electron chi connectivity index (χ1n) is 5.53. The van der Waals surface area contributed by atoms with Gasteiger partial charge in [-0.1, -0.05) is 0 Å². The third-order valence-corrected chi connectivity index (χ3v) is 2.83. The average Bonchev–Trinajstić information content (AvgIpc) is 2.15. The summed E-state index contributed by atoms with van der Waals surface area (Å²) in [7, 11) is 0. The molecule has 2 unspecified atom stereocenters. The first-order chi connectivity index (χ1) is 7.49. The zero-order chi connectivity index (χ0) is 12.1. The lowest BCUT2D eigenvalue weighted by Gasteiger charge is -2.35. The number of carbonyl (C=O) groups excluding carboxylic acids is 2. The van der Waals surface area contributed by atoms with Gasteiger partial charge in [-0.25, -0.2) is 0 Å². The van der Waals surface area contributed by atoms with Gasteiger partial charge in [0.2, 0.25) is 11.8 Å². The minimum Gasteiger partial charge on any atom is -0.369 e. The number of rotatable bonds is 5. The molecule has 0 spiro atoms. The fourth-order valence-corrected chi connectivity index (χ4v) is 2.15. The zero-order valence-corrected chi connectivity index (χ0v) is 9.61. The molecule has 1 aliphatic rings. The first-order valence-corrected chi connectivity index (χ1v) is 5.53. The van der Waals surface area contributed by atoms with Gasteiger partial charge in [0.15, 0.2) is 0 Å². The highest BCUT2D eigenvalue weighted by Gasteiger charge is 2.26. The molecule has 6 nitrogen and oxygen atoms in total. The van der Waals surface area contributed by atoms with Gasteiger partial charge in [-0.15, -0.1) is 0 Å². The van der Waals surface area contributed by atoms with Crippen LogP contribution in [0.1, 0.15) is 19.8 Å². The van der Waals surface area contributed by atoms with E-state index in [2.05, 4.69) is 12.2 Å². The lowest BCUT2D eigenvalue weighted by atomic mass is 9.99. The highest BCUT2D eigenvalue weighted by molar-refractivity contribution is 5.79. The third-order valence-electron chi connectivity index (χ3n) is 2.83. The maximum absolute atomic E-state index is 10.9. The molecule has 0 aromatic heterocycles. The molecule has 2 amide bonds. The van der Waals surface area contributed by atoms with Crippen molar-refractivity contribution in [3.63, 3.8) is 0 Å². The van der Waals surface area contributed by atoms with E-state index in [0.29, 0.717) is 6.04 Å².